The van der Waals surface area contributed by atoms with Crippen LogP contribution in [0.2, 0.25) is 5.02 Å². The van der Waals surface area contributed by atoms with Crippen LogP contribution < -0.4 is 20.2 Å². The fourth-order valence-electron chi connectivity index (χ4n) is 1.94. The van der Waals surface area contributed by atoms with Crippen molar-refractivity contribution >= 4 is 29.5 Å². The van der Waals surface area contributed by atoms with Gasteiger partial charge in [-0.05, 0) is 36.8 Å². The van der Waals surface area contributed by atoms with E-state index in [0.29, 0.717) is 34.4 Å². The Morgan fingerprint density at radius 1 is 1.29 bits per heavy atom. The van der Waals surface area contributed by atoms with Gasteiger partial charge in [0.2, 0.25) is 0 Å². The molecule has 0 saturated heterocycles. The van der Waals surface area contributed by atoms with E-state index < -0.39 is 6.03 Å². The average Bonchev–Trinajstić information content (AvgIpc) is 2.58. The first-order valence-electron chi connectivity index (χ1n) is 7.29. The Bertz CT molecular complexity index is 721. The summed E-state index contributed by atoms with van der Waals surface area (Å²) in [4.78, 5) is 11.7. The van der Waals surface area contributed by atoms with E-state index in [1.54, 1.807) is 24.3 Å². The van der Waals surface area contributed by atoms with Gasteiger partial charge in [0.05, 0.1) is 25.0 Å². The maximum atomic E-state index is 11.7. The Labute approximate surface area is 145 Å². The standard InChI is InChI=1S/C17H18ClN3O3/c1-3-24-16-14(18)9-12(10-15(16)23-2)11-19-21-17(22)20-13-7-5-4-6-8-13/h4-11H,3H2,1-2H3,(H2,20,21,22)/b19-11-. The SMILES string of the molecule is CCOc1c(Cl)cc(/C=N\NC(=O)Nc2ccccc2)cc1OC. The topological polar surface area (TPSA) is 72.0 Å². The van der Waals surface area contributed by atoms with E-state index in [1.807, 2.05) is 25.1 Å². The van der Waals surface area contributed by atoms with Gasteiger partial charge >= 0.3 is 6.03 Å². The number of ether oxygens (including phenoxy) is 2. The smallest absolute Gasteiger partial charge is 0.339 e. The van der Waals surface area contributed by atoms with Crippen LogP contribution in [0.25, 0.3) is 0 Å². The second-order valence-corrected chi connectivity index (χ2v) is 5.06. The van der Waals surface area contributed by atoms with Crippen LogP contribution in [0.1, 0.15) is 12.5 Å². The van der Waals surface area contributed by atoms with Crippen molar-refractivity contribution in [2.24, 2.45) is 5.10 Å². The number of rotatable bonds is 6. The third-order valence-electron chi connectivity index (χ3n) is 2.95. The minimum absolute atomic E-state index is 0.409. The Morgan fingerprint density at radius 2 is 2.04 bits per heavy atom. The largest absolute Gasteiger partial charge is 0.493 e. The van der Waals surface area contributed by atoms with Gasteiger partial charge in [-0.15, -0.1) is 0 Å². The number of para-hydroxylation sites is 1. The second-order valence-electron chi connectivity index (χ2n) is 4.66. The van der Waals surface area contributed by atoms with E-state index in [9.17, 15) is 4.79 Å². The monoisotopic (exact) mass is 347 g/mol. The van der Waals surface area contributed by atoms with Crippen molar-refractivity contribution in [2.45, 2.75) is 6.92 Å². The van der Waals surface area contributed by atoms with E-state index in [4.69, 9.17) is 21.1 Å². The lowest BCUT2D eigenvalue weighted by atomic mass is 10.2. The number of anilines is 1. The van der Waals surface area contributed by atoms with Gasteiger partial charge in [0.1, 0.15) is 0 Å². The van der Waals surface area contributed by atoms with Gasteiger partial charge in [-0.3, -0.25) is 0 Å². The minimum Gasteiger partial charge on any atom is -0.493 e. The summed E-state index contributed by atoms with van der Waals surface area (Å²) < 4.78 is 10.7. The van der Waals surface area contributed by atoms with Gasteiger partial charge in [0.25, 0.3) is 0 Å². The molecule has 7 heteroatoms. The highest BCUT2D eigenvalue weighted by Gasteiger charge is 2.10. The number of halogens is 1. The number of benzene rings is 2. The van der Waals surface area contributed by atoms with E-state index >= 15 is 0 Å². The predicted molar refractivity (Wildman–Crippen MR) is 95.4 cm³/mol. The van der Waals surface area contributed by atoms with Crippen molar-refractivity contribution in [3.05, 3.63) is 53.1 Å². The molecule has 2 rings (SSSR count). The highest BCUT2D eigenvalue weighted by atomic mass is 35.5. The number of amides is 2. The van der Waals surface area contributed by atoms with E-state index in [0.717, 1.165) is 0 Å². The summed E-state index contributed by atoms with van der Waals surface area (Å²) in [6, 6.07) is 12.0. The third kappa shape index (κ3) is 4.89. The fourth-order valence-corrected chi connectivity index (χ4v) is 2.22. The lowest BCUT2D eigenvalue weighted by Gasteiger charge is -2.11. The van der Waals surface area contributed by atoms with Gasteiger partial charge < -0.3 is 14.8 Å². The van der Waals surface area contributed by atoms with Gasteiger partial charge in [-0.25, -0.2) is 10.2 Å². The molecule has 2 aromatic rings. The molecule has 2 aromatic carbocycles. The minimum atomic E-state index is -0.443. The maximum Gasteiger partial charge on any atom is 0.339 e. The van der Waals surface area contributed by atoms with Crippen LogP contribution in [0.4, 0.5) is 10.5 Å². The number of hydrazone groups is 1. The van der Waals surface area contributed by atoms with Crippen LogP contribution in [-0.2, 0) is 0 Å². The highest BCUT2D eigenvalue weighted by Crippen LogP contribution is 2.35. The van der Waals surface area contributed by atoms with Crippen LogP contribution in [0.3, 0.4) is 0 Å². The Morgan fingerprint density at radius 3 is 2.71 bits per heavy atom. The van der Waals surface area contributed by atoms with E-state index in [2.05, 4.69) is 15.8 Å². The number of methoxy groups -OCH3 is 1. The molecule has 0 fully saturated rings. The van der Waals surface area contributed by atoms with Crippen LogP contribution in [0, 0.1) is 0 Å². The van der Waals surface area contributed by atoms with E-state index in [-0.39, 0.29) is 0 Å². The Balaban J connectivity index is 2.01. The zero-order valence-corrected chi connectivity index (χ0v) is 14.1. The molecule has 0 radical (unpaired) electrons. The molecule has 24 heavy (non-hydrogen) atoms. The number of carbonyl (C=O) groups is 1. The molecule has 0 atom stereocenters. The molecule has 0 aromatic heterocycles. The number of nitrogens with one attached hydrogen (secondary N) is 2. The number of carbonyl (C=O) groups excluding carboxylic acids is 1. The quantitative estimate of drug-likeness (QED) is 0.615. The van der Waals surface area contributed by atoms with Gasteiger partial charge in [0.15, 0.2) is 11.5 Å². The lowest BCUT2D eigenvalue weighted by molar-refractivity contribution is 0.252. The molecular formula is C17H18ClN3O3. The molecule has 0 saturated carbocycles. The first-order chi connectivity index (χ1) is 11.6. The number of nitrogens with zero attached hydrogens (tertiary/aromatic N) is 1. The summed E-state index contributed by atoms with van der Waals surface area (Å²) >= 11 is 6.17. The van der Waals surface area contributed by atoms with Crippen molar-refractivity contribution in [1.29, 1.82) is 0 Å². The molecule has 126 valence electrons. The molecule has 6 nitrogen and oxygen atoms in total. The summed E-state index contributed by atoms with van der Waals surface area (Å²) in [5.41, 5.74) is 3.72. The van der Waals surface area contributed by atoms with Crippen molar-refractivity contribution in [2.75, 3.05) is 19.0 Å². The Kier molecular flexibility index (Phi) is 6.45. The maximum absolute atomic E-state index is 11.7. The van der Waals surface area contributed by atoms with Crippen molar-refractivity contribution < 1.29 is 14.3 Å². The van der Waals surface area contributed by atoms with Gasteiger partial charge in [-0.1, -0.05) is 29.8 Å². The fraction of sp³-hybridized carbons (Fsp3) is 0.176. The van der Waals surface area contributed by atoms with Crippen molar-refractivity contribution in [3.63, 3.8) is 0 Å². The lowest BCUT2D eigenvalue weighted by Crippen LogP contribution is -2.24. The summed E-state index contributed by atoms with van der Waals surface area (Å²) in [7, 11) is 1.53. The molecule has 2 N–H and O–H groups in total. The van der Waals surface area contributed by atoms with Gasteiger partial charge in [-0.2, -0.15) is 5.10 Å². The molecule has 0 aliphatic heterocycles. The Hall–Kier alpha value is -2.73. The summed E-state index contributed by atoms with van der Waals surface area (Å²) in [6.07, 6.45) is 1.47. The van der Waals surface area contributed by atoms with Crippen molar-refractivity contribution in [3.8, 4) is 11.5 Å². The summed E-state index contributed by atoms with van der Waals surface area (Å²) in [5, 5.41) is 6.95. The third-order valence-corrected chi connectivity index (χ3v) is 3.23. The summed E-state index contributed by atoms with van der Waals surface area (Å²) in [6.45, 7) is 2.34. The molecule has 0 unspecified atom stereocenters. The van der Waals surface area contributed by atoms with Crippen LogP contribution in [0.15, 0.2) is 47.6 Å². The highest BCUT2D eigenvalue weighted by molar-refractivity contribution is 6.32. The van der Waals surface area contributed by atoms with Crippen LogP contribution in [0.5, 0.6) is 11.5 Å². The number of hydrogen-bond donors (Lipinski definition) is 2. The van der Waals surface area contributed by atoms with Gasteiger partial charge in [0, 0.05) is 5.69 Å². The summed E-state index contributed by atoms with van der Waals surface area (Å²) in [5.74, 6) is 0.980. The molecule has 0 spiro atoms. The molecule has 0 aliphatic carbocycles. The zero-order chi connectivity index (χ0) is 17.4. The predicted octanol–water partition coefficient (Wildman–Crippen LogP) is 3.90. The average molecular weight is 348 g/mol. The number of hydrogen-bond acceptors (Lipinski definition) is 4. The molecule has 0 heterocycles. The van der Waals surface area contributed by atoms with Crippen LogP contribution in [-0.4, -0.2) is 26.0 Å². The van der Waals surface area contributed by atoms with E-state index in [1.165, 1.54) is 13.3 Å². The van der Waals surface area contributed by atoms with Crippen LogP contribution >= 0.6 is 11.6 Å². The number of urea groups is 1. The first kappa shape index (κ1) is 17.6. The molecule has 0 bridgehead atoms. The molecule has 0 aliphatic rings. The zero-order valence-electron chi connectivity index (χ0n) is 13.4. The molecule has 2 amide bonds. The van der Waals surface area contributed by atoms with Crippen molar-refractivity contribution in [1.82, 2.24) is 5.43 Å². The first-order valence-corrected chi connectivity index (χ1v) is 7.67. The molecular weight excluding hydrogens is 330 g/mol. The second kappa shape index (κ2) is 8.79. The normalized spacial score (nSPS) is 10.5.